The summed E-state index contributed by atoms with van der Waals surface area (Å²) in [6, 6.07) is 7.19. The summed E-state index contributed by atoms with van der Waals surface area (Å²) in [5.74, 6) is -0.464. The van der Waals surface area contributed by atoms with Crippen LogP contribution in [-0.2, 0) is 23.2 Å². The summed E-state index contributed by atoms with van der Waals surface area (Å²) in [5, 5.41) is 4.62. The van der Waals surface area contributed by atoms with Crippen molar-refractivity contribution in [1.29, 1.82) is 0 Å². The Balaban J connectivity index is 1.68. The van der Waals surface area contributed by atoms with E-state index in [0.717, 1.165) is 5.56 Å². The lowest BCUT2D eigenvalue weighted by Gasteiger charge is -2.21. The predicted molar refractivity (Wildman–Crippen MR) is 91.6 cm³/mol. The number of rotatable bonds is 4. The van der Waals surface area contributed by atoms with Crippen LogP contribution in [0.25, 0.3) is 0 Å². The standard InChI is InChI=1S/C17H19ClN4O2/c1-20(9-12-8-19-21(2)10-12)17(24)13-7-16(23)22(11-13)15-6-4-3-5-14(15)18/h3-6,8,10,13H,7,9,11H2,1-2H3/t13-/m1/s1. The Hall–Kier alpha value is -2.34. The van der Waals surface area contributed by atoms with E-state index in [9.17, 15) is 9.59 Å². The Bertz CT molecular complexity index is 773. The lowest BCUT2D eigenvalue weighted by Crippen LogP contribution is -2.34. The first-order valence-electron chi connectivity index (χ1n) is 7.73. The fraction of sp³-hybridized carbons (Fsp3) is 0.353. The number of nitrogens with zero attached hydrogens (tertiary/aromatic N) is 4. The molecule has 0 bridgehead atoms. The molecule has 1 aliphatic rings. The highest BCUT2D eigenvalue weighted by Crippen LogP contribution is 2.31. The summed E-state index contributed by atoms with van der Waals surface area (Å²) >= 11 is 6.17. The number of carbonyl (C=O) groups excluding carboxylic acids is 2. The lowest BCUT2D eigenvalue weighted by atomic mass is 10.1. The molecule has 7 heteroatoms. The summed E-state index contributed by atoms with van der Waals surface area (Å²) in [6.45, 7) is 0.836. The zero-order valence-corrected chi connectivity index (χ0v) is 14.4. The van der Waals surface area contributed by atoms with Crippen molar-refractivity contribution in [1.82, 2.24) is 14.7 Å². The second-order valence-electron chi connectivity index (χ2n) is 6.07. The maximum absolute atomic E-state index is 12.7. The molecule has 1 fully saturated rings. The maximum Gasteiger partial charge on any atom is 0.228 e. The van der Waals surface area contributed by atoms with Crippen molar-refractivity contribution in [3.63, 3.8) is 0 Å². The van der Waals surface area contributed by atoms with E-state index in [0.29, 0.717) is 23.8 Å². The Kier molecular flexibility index (Phi) is 4.57. The molecule has 126 valence electrons. The molecule has 0 aliphatic carbocycles. The summed E-state index contributed by atoms with van der Waals surface area (Å²) < 4.78 is 1.70. The molecule has 2 heterocycles. The normalized spacial score (nSPS) is 17.4. The lowest BCUT2D eigenvalue weighted by molar-refractivity contribution is -0.135. The number of benzene rings is 1. The van der Waals surface area contributed by atoms with Crippen molar-refractivity contribution < 1.29 is 9.59 Å². The van der Waals surface area contributed by atoms with Gasteiger partial charge in [0.05, 0.1) is 22.8 Å². The van der Waals surface area contributed by atoms with Crippen LogP contribution in [0.2, 0.25) is 5.02 Å². The van der Waals surface area contributed by atoms with E-state index >= 15 is 0 Å². The molecule has 0 saturated carbocycles. The average molecular weight is 347 g/mol. The van der Waals surface area contributed by atoms with Gasteiger partial charge in [0.15, 0.2) is 0 Å². The largest absolute Gasteiger partial charge is 0.341 e. The predicted octanol–water partition coefficient (Wildman–Crippen LogP) is 2.08. The Morgan fingerprint density at radius 1 is 1.42 bits per heavy atom. The van der Waals surface area contributed by atoms with E-state index in [1.165, 1.54) is 0 Å². The van der Waals surface area contributed by atoms with Gasteiger partial charge in [0, 0.05) is 45.4 Å². The Morgan fingerprint density at radius 2 is 2.17 bits per heavy atom. The number of aromatic nitrogens is 2. The number of carbonyl (C=O) groups is 2. The van der Waals surface area contributed by atoms with Crippen LogP contribution in [0.1, 0.15) is 12.0 Å². The SMILES string of the molecule is CN(Cc1cnn(C)c1)C(=O)[C@@H]1CC(=O)N(c2ccccc2Cl)C1. The number of aryl methyl sites for hydroxylation is 1. The van der Waals surface area contributed by atoms with E-state index in [1.807, 2.05) is 25.4 Å². The maximum atomic E-state index is 12.7. The van der Waals surface area contributed by atoms with E-state index in [4.69, 9.17) is 11.6 Å². The zero-order valence-electron chi connectivity index (χ0n) is 13.6. The van der Waals surface area contributed by atoms with Gasteiger partial charge in [0.25, 0.3) is 0 Å². The van der Waals surface area contributed by atoms with Crippen LogP contribution >= 0.6 is 11.6 Å². The van der Waals surface area contributed by atoms with Gasteiger partial charge in [-0.2, -0.15) is 5.10 Å². The molecule has 0 unspecified atom stereocenters. The number of para-hydroxylation sites is 1. The van der Waals surface area contributed by atoms with Gasteiger partial charge in [-0.25, -0.2) is 0 Å². The third kappa shape index (κ3) is 3.28. The second-order valence-corrected chi connectivity index (χ2v) is 6.48. The van der Waals surface area contributed by atoms with Crippen molar-refractivity contribution in [2.45, 2.75) is 13.0 Å². The number of amides is 2. The van der Waals surface area contributed by atoms with Crippen LogP contribution in [0, 0.1) is 5.92 Å². The minimum absolute atomic E-state index is 0.0400. The van der Waals surface area contributed by atoms with Gasteiger partial charge in [0.1, 0.15) is 0 Å². The quantitative estimate of drug-likeness (QED) is 0.851. The molecule has 24 heavy (non-hydrogen) atoms. The number of hydrogen-bond acceptors (Lipinski definition) is 3. The van der Waals surface area contributed by atoms with Crippen molar-refractivity contribution >= 4 is 29.1 Å². The van der Waals surface area contributed by atoms with Crippen LogP contribution in [-0.4, -0.2) is 40.1 Å². The smallest absolute Gasteiger partial charge is 0.228 e. The third-order valence-corrected chi connectivity index (χ3v) is 4.49. The van der Waals surface area contributed by atoms with Crippen molar-refractivity contribution in [3.05, 3.63) is 47.2 Å². The second kappa shape index (κ2) is 6.65. The van der Waals surface area contributed by atoms with Gasteiger partial charge < -0.3 is 9.80 Å². The minimum Gasteiger partial charge on any atom is -0.341 e. The van der Waals surface area contributed by atoms with Crippen molar-refractivity contribution in [2.75, 3.05) is 18.5 Å². The summed E-state index contributed by atoms with van der Waals surface area (Å²) in [4.78, 5) is 28.2. The van der Waals surface area contributed by atoms with Crippen molar-refractivity contribution in [3.8, 4) is 0 Å². The van der Waals surface area contributed by atoms with Gasteiger partial charge in [-0.15, -0.1) is 0 Å². The highest BCUT2D eigenvalue weighted by Gasteiger charge is 2.37. The monoisotopic (exact) mass is 346 g/mol. The molecule has 1 aromatic heterocycles. The zero-order chi connectivity index (χ0) is 17.3. The molecule has 0 spiro atoms. The van der Waals surface area contributed by atoms with Gasteiger partial charge in [-0.05, 0) is 12.1 Å². The molecule has 0 N–H and O–H groups in total. The Labute approximate surface area is 145 Å². The first-order valence-corrected chi connectivity index (χ1v) is 8.11. The fourth-order valence-corrected chi connectivity index (χ4v) is 3.23. The molecule has 1 saturated heterocycles. The van der Waals surface area contributed by atoms with Gasteiger partial charge in [-0.3, -0.25) is 14.3 Å². The minimum atomic E-state index is -0.351. The molecule has 3 rings (SSSR count). The highest BCUT2D eigenvalue weighted by molar-refractivity contribution is 6.33. The molecule has 2 amide bonds. The molecule has 6 nitrogen and oxygen atoms in total. The first kappa shape index (κ1) is 16.5. The molecule has 1 aromatic carbocycles. The third-order valence-electron chi connectivity index (χ3n) is 4.17. The topological polar surface area (TPSA) is 58.4 Å². The summed E-state index contributed by atoms with van der Waals surface area (Å²) in [7, 11) is 3.58. The van der Waals surface area contributed by atoms with E-state index in [1.54, 1.807) is 39.9 Å². The van der Waals surface area contributed by atoms with Crippen LogP contribution < -0.4 is 4.90 Å². The van der Waals surface area contributed by atoms with Crippen LogP contribution in [0.5, 0.6) is 0 Å². The molecule has 1 aliphatic heterocycles. The molecular weight excluding hydrogens is 328 g/mol. The van der Waals surface area contributed by atoms with E-state index in [2.05, 4.69) is 5.10 Å². The first-order chi connectivity index (χ1) is 11.5. The molecular formula is C17H19ClN4O2. The number of anilines is 1. The average Bonchev–Trinajstić information content (AvgIpc) is 3.13. The van der Waals surface area contributed by atoms with Crippen LogP contribution in [0.3, 0.4) is 0 Å². The fourth-order valence-electron chi connectivity index (χ4n) is 2.99. The van der Waals surface area contributed by atoms with Gasteiger partial charge in [-0.1, -0.05) is 23.7 Å². The van der Waals surface area contributed by atoms with Gasteiger partial charge >= 0.3 is 0 Å². The molecule has 0 radical (unpaired) electrons. The van der Waals surface area contributed by atoms with Crippen molar-refractivity contribution in [2.24, 2.45) is 13.0 Å². The Morgan fingerprint density at radius 3 is 2.83 bits per heavy atom. The van der Waals surface area contributed by atoms with E-state index < -0.39 is 0 Å². The number of hydrogen-bond donors (Lipinski definition) is 0. The van der Waals surface area contributed by atoms with Crippen LogP contribution in [0.15, 0.2) is 36.7 Å². The highest BCUT2D eigenvalue weighted by atomic mass is 35.5. The molecule has 1 atom stereocenters. The van der Waals surface area contributed by atoms with Gasteiger partial charge in [0.2, 0.25) is 11.8 Å². The molecule has 2 aromatic rings. The van der Waals surface area contributed by atoms with E-state index in [-0.39, 0.29) is 24.2 Å². The number of halogens is 1. The summed E-state index contributed by atoms with van der Waals surface area (Å²) in [5.41, 5.74) is 1.62. The summed E-state index contributed by atoms with van der Waals surface area (Å²) in [6.07, 6.45) is 3.82. The van der Waals surface area contributed by atoms with Crippen LogP contribution in [0.4, 0.5) is 5.69 Å².